The first kappa shape index (κ1) is 41.5. The second-order valence-corrected chi connectivity index (χ2v) is 20.1. The van der Waals surface area contributed by atoms with Crippen molar-refractivity contribution in [1.29, 1.82) is 0 Å². The first-order chi connectivity index (χ1) is 25.9. The van der Waals surface area contributed by atoms with Crippen LogP contribution in [0.5, 0.6) is 0 Å². The summed E-state index contributed by atoms with van der Waals surface area (Å²) >= 11 is 0. The van der Waals surface area contributed by atoms with Crippen molar-refractivity contribution in [2.75, 3.05) is 6.61 Å². The number of hydrogen-bond donors (Lipinski definition) is 6. The molecule has 6 fully saturated rings. The van der Waals surface area contributed by atoms with Gasteiger partial charge in [0, 0.05) is 0 Å². The number of carbonyl (C=O) groups is 4. The molecule has 15 atom stereocenters. The molecular weight excluding hydrogens is 732 g/mol. The molecule has 15 heteroatoms. The molecule has 7 aliphatic rings. The van der Waals surface area contributed by atoms with Gasteiger partial charge in [-0.2, -0.15) is 0 Å². The number of fused-ring (bicyclic) bond motifs is 8. The minimum atomic E-state index is -3.30. The van der Waals surface area contributed by atoms with Crippen molar-refractivity contribution in [2.24, 2.45) is 50.2 Å². The summed E-state index contributed by atoms with van der Waals surface area (Å²) in [6, 6.07) is 0. The van der Waals surface area contributed by atoms with E-state index in [2.05, 4.69) is 54.5 Å². The smallest absolute Gasteiger partial charge is 0.369 e. The standard InChI is InChI=1S/C41H60O15/c1-35(2)14-16-40(32(47)48)17-15-38(6)20(21(40)18-35)8-9-23-37(5)12-11-24(36(3,4)22(37)10-13-39(23,38)7)53-31-26(44)27-28(29(54-31)30(45)46)56-41(51,33(49)50)34(55-27)52-19-25(42)43/h8,21-24,26-29,31,34,44,51H,9-19H2,1-7H3,(H,42,43)(H,45,46)(H,47,48)(H,49,50)/t21-,22?,23+,24-,26+,27+,28-,29-,31+,34?,37-,38+,39+,40-,41-/m0/s1. The highest BCUT2D eigenvalue weighted by Crippen LogP contribution is 2.76. The van der Waals surface area contributed by atoms with Crippen molar-refractivity contribution >= 4 is 23.9 Å². The van der Waals surface area contributed by atoms with E-state index in [1.54, 1.807) is 0 Å². The van der Waals surface area contributed by atoms with Crippen molar-refractivity contribution in [1.82, 2.24) is 0 Å². The summed E-state index contributed by atoms with van der Waals surface area (Å²) in [6.07, 6.45) is -0.914. The van der Waals surface area contributed by atoms with E-state index >= 15 is 0 Å². The first-order valence-corrected chi connectivity index (χ1v) is 20.2. The van der Waals surface area contributed by atoms with E-state index in [0.717, 1.165) is 44.9 Å². The molecule has 15 nitrogen and oxygen atoms in total. The van der Waals surface area contributed by atoms with Gasteiger partial charge in [-0.1, -0.05) is 60.1 Å². The van der Waals surface area contributed by atoms with Crippen LogP contribution in [0.15, 0.2) is 11.6 Å². The summed E-state index contributed by atoms with van der Waals surface area (Å²) in [5.41, 5.74) is -0.115. The maximum Gasteiger partial charge on any atom is 0.369 e. The molecule has 6 N–H and O–H groups in total. The molecule has 2 unspecified atom stereocenters. The zero-order valence-corrected chi connectivity index (χ0v) is 33.5. The van der Waals surface area contributed by atoms with Crippen molar-refractivity contribution in [3.8, 4) is 0 Å². The van der Waals surface area contributed by atoms with E-state index in [1.807, 2.05) is 0 Å². The largest absolute Gasteiger partial charge is 0.481 e. The van der Waals surface area contributed by atoms with Crippen LogP contribution in [0.4, 0.5) is 0 Å². The average Bonchev–Trinajstić information content (AvgIpc) is 3.09. The molecule has 7 rings (SSSR count). The summed E-state index contributed by atoms with van der Waals surface area (Å²) in [5, 5.41) is 62.0. The summed E-state index contributed by atoms with van der Waals surface area (Å²) < 4.78 is 28.3. The van der Waals surface area contributed by atoms with E-state index in [0.29, 0.717) is 25.2 Å². The van der Waals surface area contributed by atoms with Gasteiger partial charge in [0.25, 0.3) is 0 Å². The van der Waals surface area contributed by atoms with Crippen LogP contribution < -0.4 is 0 Å². The molecule has 0 amide bonds. The number of allylic oxidation sites excluding steroid dienone is 2. The van der Waals surface area contributed by atoms with Crippen molar-refractivity contribution in [2.45, 2.75) is 162 Å². The van der Waals surface area contributed by atoms with Crippen LogP contribution in [0.2, 0.25) is 0 Å². The fourth-order valence-electron chi connectivity index (χ4n) is 13.4. The lowest BCUT2D eigenvalue weighted by molar-refractivity contribution is -0.435. The van der Waals surface area contributed by atoms with Crippen LogP contribution in [0.1, 0.15) is 113 Å². The van der Waals surface area contributed by atoms with Crippen LogP contribution in [0.25, 0.3) is 0 Å². The second kappa shape index (κ2) is 13.4. The Labute approximate surface area is 327 Å². The molecule has 0 radical (unpaired) electrons. The molecule has 0 spiro atoms. The maximum absolute atomic E-state index is 13.0. The minimum Gasteiger partial charge on any atom is -0.481 e. The Hall–Kier alpha value is -2.66. The highest BCUT2D eigenvalue weighted by Gasteiger charge is 2.70. The average molecular weight is 793 g/mol. The lowest BCUT2D eigenvalue weighted by Gasteiger charge is -2.71. The Balaban J connectivity index is 1.14. The van der Waals surface area contributed by atoms with Gasteiger partial charge in [0.1, 0.15) is 24.9 Å². The van der Waals surface area contributed by atoms with E-state index in [4.69, 9.17) is 28.8 Å². The Kier molecular flexibility index (Phi) is 9.95. The lowest BCUT2D eigenvalue weighted by Crippen LogP contribution is -2.72. The molecule has 2 aliphatic heterocycles. The zero-order valence-electron chi connectivity index (χ0n) is 33.5. The van der Waals surface area contributed by atoms with Crippen molar-refractivity contribution < 1.29 is 73.5 Å². The topological polar surface area (TPSA) is 236 Å². The van der Waals surface area contributed by atoms with Gasteiger partial charge in [0.05, 0.1) is 11.5 Å². The molecular formula is C41H60O15. The fraction of sp³-hybridized carbons (Fsp3) is 0.854. The second-order valence-electron chi connectivity index (χ2n) is 20.1. The van der Waals surface area contributed by atoms with E-state index in [-0.39, 0.29) is 33.5 Å². The van der Waals surface area contributed by atoms with Gasteiger partial charge in [0.2, 0.25) is 6.29 Å². The zero-order chi connectivity index (χ0) is 41.2. The third-order valence-electron chi connectivity index (χ3n) is 16.6. The maximum atomic E-state index is 13.0. The number of aliphatic carboxylic acids is 4. The van der Waals surface area contributed by atoms with E-state index in [1.165, 1.54) is 5.57 Å². The van der Waals surface area contributed by atoms with Crippen molar-refractivity contribution in [3.63, 3.8) is 0 Å². The molecule has 2 saturated heterocycles. The van der Waals surface area contributed by atoms with Gasteiger partial charge in [-0.3, -0.25) is 4.79 Å². The summed E-state index contributed by atoms with van der Waals surface area (Å²) in [5.74, 6) is -8.57. The van der Waals surface area contributed by atoms with Crippen molar-refractivity contribution in [3.05, 3.63) is 11.6 Å². The summed E-state index contributed by atoms with van der Waals surface area (Å²) in [7, 11) is 0. The van der Waals surface area contributed by atoms with E-state index in [9.17, 15) is 44.7 Å². The normalized spacial score (nSPS) is 49.1. The van der Waals surface area contributed by atoms with Crippen LogP contribution in [-0.2, 0) is 42.9 Å². The number of aliphatic hydroxyl groups excluding tert-OH is 1. The van der Waals surface area contributed by atoms with Gasteiger partial charge < -0.3 is 54.3 Å². The van der Waals surface area contributed by atoms with Crippen LogP contribution in [-0.4, -0.2) is 110 Å². The first-order valence-electron chi connectivity index (χ1n) is 20.2. The van der Waals surface area contributed by atoms with Crippen LogP contribution in [0, 0.1) is 50.2 Å². The molecule has 0 aromatic rings. The molecule has 0 aromatic heterocycles. The van der Waals surface area contributed by atoms with Crippen LogP contribution in [0.3, 0.4) is 0 Å². The van der Waals surface area contributed by atoms with Gasteiger partial charge >= 0.3 is 29.7 Å². The number of carboxylic acid groups (broad SMARTS) is 4. The highest BCUT2D eigenvalue weighted by molar-refractivity contribution is 5.78. The number of hydrogen-bond acceptors (Lipinski definition) is 11. The van der Waals surface area contributed by atoms with Gasteiger partial charge in [0.15, 0.2) is 12.4 Å². The lowest BCUT2D eigenvalue weighted by atomic mass is 9.33. The molecule has 2 heterocycles. The third-order valence-corrected chi connectivity index (χ3v) is 16.6. The monoisotopic (exact) mass is 792 g/mol. The predicted molar refractivity (Wildman–Crippen MR) is 194 cm³/mol. The quantitative estimate of drug-likeness (QED) is 0.148. The molecule has 4 saturated carbocycles. The Morgan fingerprint density at radius 3 is 2.12 bits per heavy atom. The SMILES string of the molecule is CC1(C)CC[C@]2(C(=O)O)CC[C@]3(C)C(=CC[C@@H]4[C@@]5(C)CC[C@H](O[C@@H]6O[C@H](C(=O)O)[C@H]7O[C@@](O)(C(=O)O)C(OCC(=O)O)O[C@@H]7[C@H]6O)C(C)(C)C5CC[C@]43C)[C@@H]2C1. The third kappa shape index (κ3) is 5.91. The Bertz CT molecular complexity index is 1670. The Morgan fingerprint density at radius 1 is 0.821 bits per heavy atom. The Morgan fingerprint density at radius 2 is 1.50 bits per heavy atom. The van der Waals surface area contributed by atoms with Crippen LogP contribution >= 0.6 is 0 Å². The predicted octanol–water partition coefficient (Wildman–Crippen LogP) is 4.41. The number of rotatable bonds is 8. The minimum absolute atomic E-state index is 0.0120. The number of carboxylic acids is 4. The molecule has 0 bridgehead atoms. The van der Waals surface area contributed by atoms with Gasteiger partial charge in [-0.15, -0.1) is 0 Å². The highest BCUT2D eigenvalue weighted by atomic mass is 16.8. The number of ether oxygens (including phenoxy) is 5. The van der Waals surface area contributed by atoms with E-state index < -0.39 is 90.2 Å². The summed E-state index contributed by atoms with van der Waals surface area (Å²) in [4.78, 5) is 48.8. The molecule has 56 heavy (non-hydrogen) atoms. The molecule has 5 aliphatic carbocycles. The van der Waals surface area contributed by atoms with Gasteiger partial charge in [-0.25, -0.2) is 14.4 Å². The fourth-order valence-corrected chi connectivity index (χ4v) is 13.4. The number of aliphatic hydroxyl groups is 2. The van der Waals surface area contributed by atoms with Gasteiger partial charge in [-0.05, 0) is 109 Å². The summed E-state index contributed by atoms with van der Waals surface area (Å²) in [6.45, 7) is 15.0. The molecule has 0 aromatic carbocycles. The molecule has 314 valence electrons.